The van der Waals surface area contributed by atoms with E-state index in [-0.39, 0.29) is 5.41 Å². The van der Waals surface area contributed by atoms with Crippen molar-refractivity contribution in [1.82, 2.24) is 14.9 Å². The summed E-state index contributed by atoms with van der Waals surface area (Å²) in [4.78, 5) is 41.0. The van der Waals surface area contributed by atoms with Crippen molar-refractivity contribution in [3.05, 3.63) is 89.0 Å². The number of benzene rings is 1. The molecule has 0 radical (unpaired) electrons. The molecule has 1 saturated heterocycles. The van der Waals surface area contributed by atoms with Crippen LogP contribution in [0.4, 0.5) is 45.2 Å². The molecule has 4 heterocycles. The molecule has 20 heteroatoms. The van der Waals surface area contributed by atoms with Crippen LogP contribution in [0.25, 0.3) is 0 Å². The lowest BCUT2D eigenvalue weighted by Crippen LogP contribution is -2.36. The maximum Gasteiger partial charge on any atom is 0.490 e. The van der Waals surface area contributed by atoms with E-state index >= 15 is 0 Å². The molecular formula is C29H26ClF9N4O6. The van der Waals surface area contributed by atoms with E-state index < -0.39 is 36.4 Å². The predicted octanol–water partition coefficient (Wildman–Crippen LogP) is 6.19. The van der Waals surface area contributed by atoms with Gasteiger partial charge in [-0.25, -0.2) is 14.4 Å². The average molecular weight is 733 g/mol. The molecule has 1 aromatic carbocycles. The van der Waals surface area contributed by atoms with Crippen LogP contribution in [0.15, 0.2) is 67.0 Å². The minimum atomic E-state index is -5.08. The highest BCUT2D eigenvalue weighted by molar-refractivity contribution is 6.30. The Morgan fingerprint density at radius 3 is 1.69 bits per heavy atom. The van der Waals surface area contributed by atoms with Gasteiger partial charge in [0.05, 0.1) is 23.6 Å². The molecular weight excluding hydrogens is 707 g/mol. The molecule has 10 nitrogen and oxygen atoms in total. The molecule has 49 heavy (non-hydrogen) atoms. The molecule has 0 amide bonds. The number of aliphatic carboxylic acids is 3. The van der Waals surface area contributed by atoms with Crippen molar-refractivity contribution < 1.29 is 69.2 Å². The van der Waals surface area contributed by atoms with Crippen molar-refractivity contribution in [2.45, 2.75) is 43.5 Å². The van der Waals surface area contributed by atoms with Crippen LogP contribution in [-0.2, 0) is 32.9 Å². The van der Waals surface area contributed by atoms with Crippen LogP contribution in [0.3, 0.4) is 0 Å². The first kappa shape index (κ1) is 40.5. The number of fused-ring (bicyclic) bond motifs is 2. The second-order valence-corrected chi connectivity index (χ2v) is 10.8. The highest BCUT2D eigenvalue weighted by atomic mass is 35.5. The zero-order chi connectivity index (χ0) is 37.2. The fraction of sp³-hybridized carbons (Fsp3) is 0.345. The van der Waals surface area contributed by atoms with Crippen molar-refractivity contribution in [3.63, 3.8) is 0 Å². The molecule has 1 fully saturated rings. The van der Waals surface area contributed by atoms with E-state index in [1.807, 2.05) is 36.7 Å². The van der Waals surface area contributed by atoms with E-state index in [0.29, 0.717) is 0 Å². The molecule has 1 spiro atoms. The number of rotatable bonds is 4. The van der Waals surface area contributed by atoms with Gasteiger partial charge in [-0.15, -0.1) is 0 Å². The molecule has 1 unspecified atom stereocenters. The highest BCUT2D eigenvalue weighted by Crippen LogP contribution is 2.45. The number of hydrogen-bond donors (Lipinski definition) is 3. The molecule has 0 saturated carbocycles. The summed E-state index contributed by atoms with van der Waals surface area (Å²) in [5.74, 6) is -8.27. The van der Waals surface area contributed by atoms with Gasteiger partial charge in [0.25, 0.3) is 0 Å². The summed E-state index contributed by atoms with van der Waals surface area (Å²) in [5.41, 5.74) is 5.04. The third kappa shape index (κ3) is 12.7. The van der Waals surface area contributed by atoms with Gasteiger partial charge in [0, 0.05) is 42.5 Å². The molecule has 2 aliphatic rings. The average Bonchev–Trinajstić information content (AvgIpc) is 3.54. The number of alkyl halides is 9. The first-order chi connectivity index (χ1) is 22.5. The standard InChI is InChI=1S/C23H23ClN4.3C2HF3O2/c24-19-8-6-18(7-9-19)14-27-13-10-23(16-27)17-28(15-20-4-1-2-11-25-20)21-5-3-12-26-22(21)23;3*3-2(4,5)1(6)7/h1-9,11-12H,10,13-17H2;3*(H,6,7). The Bertz CT molecular complexity index is 1500. The number of aromatic nitrogens is 2. The maximum atomic E-state index is 10.6. The van der Waals surface area contributed by atoms with Crippen molar-refractivity contribution in [1.29, 1.82) is 0 Å². The van der Waals surface area contributed by atoms with Crippen LogP contribution in [0.1, 0.15) is 23.4 Å². The molecule has 5 rings (SSSR count). The lowest BCUT2D eigenvalue weighted by Gasteiger charge is -2.26. The second kappa shape index (κ2) is 16.6. The van der Waals surface area contributed by atoms with E-state index in [1.54, 1.807) is 0 Å². The minimum Gasteiger partial charge on any atom is -0.475 e. The second-order valence-electron chi connectivity index (χ2n) is 10.3. The Morgan fingerprint density at radius 1 is 0.714 bits per heavy atom. The van der Waals surface area contributed by atoms with E-state index in [1.165, 1.54) is 16.9 Å². The third-order valence-corrected chi connectivity index (χ3v) is 6.93. The molecule has 3 N–H and O–H groups in total. The number of likely N-dealkylation sites (tertiary alicyclic amines) is 1. The van der Waals surface area contributed by atoms with E-state index in [2.05, 4.69) is 45.1 Å². The monoisotopic (exact) mass is 732 g/mol. The Balaban J connectivity index is 0.000000325. The predicted molar refractivity (Wildman–Crippen MR) is 154 cm³/mol. The summed E-state index contributed by atoms with van der Waals surface area (Å²) in [5, 5.41) is 22.2. The van der Waals surface area contributed by atoms with Crippen molar-refractivity contribution in [3.8, 4) is 0 Å². The van der Waals surface area contributed by atoms with Gasteiger partial charge in [0.15, 0.2) is 0 Å². The van der Waals surface area contributed by atoms with Gasteiger partial charge in [-0.3, -0.25) is 14.9 Å². The van der Waals surface area contributed by atoms with Crippen LogP contribution in [0, 0.1) is 0 Å². The number of carboxylic acid groups (broad SMARTS) is 3. The van der Waals surface area contributed by atoms with Crippen LogP contribution < -0.4 is 4.90 Å². The van der Waals surface area contributed by atoms with E-state index in [0.717, 1.165) is 49.9 Å². The largest absolute Gasteiger partial charge is 0.490 e. The number of anilines is 1. The maximum absolute atomic E-state index is 10.6. The van der Waals surface area contributed by atoms with Crippen LogP contribution in [0.2, 0.25) is 5.02 Å². The fourth-order valence-corrected chi connectivity index (χ4v) is 4.80. The number of carboxylic acids is 3. The molecule has 0 aliphatic carbocycles. The summed E-state index contributed by atoms with van der Waals surface area (Å²) in [6, 6.07) is 18.6. The molecule has 268 valence electrons. The van der Waals surface area contributed by atoms with E-state index in [4.69, 9.17) is 46.3 Å². The Hall–Kier alpha value is -4.65. The van der Waals surface area contributed by atoms with Crippen LogP contribution >= 0.6 is 11.6 Å². The minimum absolute atomic E-state index is 0.109. The van der Waals surface area contributed by atoms with Gasteiger partial charge in [0.1, 0.15) is 0 Å². The Morgan fingerprint density at radius 2 is 1.22 bits per heavy atom. The first-order valence-corrected chi connectivity index (χ1v) is 13.9. The molecule has 1 atom stereocenters. The summed E-state index contributed by atoms with van der Waals surface area (Å²) < 4.78 is 95.2. The Kier molecular flexibility index (Phi) is 13.8. The molecule has 3 aromatic rings. The summed E-state index contributed by atoms with van der Waals surface area (Å²) >= 11 is 6.03. The first-order valence-electron chi connectivity index (χ1n) is 13.5. The molecule has 2 aliphatic heterocycles. The number of nitrogens with zero attached hydrogens (tertiary/aromatic N) is 4. The summed E-state index contributed by atoms with van der Waals surface area (Å²) in [6.45, 7) is 4.93. The van der Waals surface area contributed by atoms with Crippen LogP contribution in [-0.4, -0.2) is 86.3 Å². The lowest BCUT2D eigenvalue weighted by atomic mass is 9.85. The van der Waals surface area contributed by atoms with Crippen molar-refractivity contribution >= 4 is 35.2 Å². The Labute approximate surface area is 276 Å². The SMILES string of the molecule is Clc1ccc(CN2CCC3(C2)CN(Cc2ccccn2)c2cccnc23)cc1.O=C(O)C(F)(F)F.O=C(O)C(F)(F)F.O=C(O)C(F)(F)F. The van der Waals surface area contributed by atoms with Gasteiger partial charge >= 0.3 is 36.4 Å². The number of hydrogen-bond acceptors (Lipinski definition) is 7. The van der Waals surface area contributed by atoms with Crippen molar-refractivity contribution in [2.75, 3.05) is 24.5 Å². The number of carbonyl (C=O) groups is 3. The topological polar surface area (TPSA) is 144 Å². The van der Waals surface area contributed by atoms with Crippen molar-refractivity contribution in [2.24, 2.45) is 0 Å². The van der Waals surface area contributed by atoms with Gasteiger partial charge in [-0.1, -0.05) is 29.8 Å². The zero-order valence-electron chi connectivity index (χ0n) is 24.7. The highest BCUT2D eigenvalue weighted by Gasteiger charge is 2.48. The number of pyridine rings is 2. The molecule has 0 bridgehead atoms. The van der Waals surface area contributed by atoms with Gasteiger partial charge in [0.2, 0.25) is 0 Å². The summed E-state index contributed by atoms with van der Waals surface area (Å²) in [7, 11) is 0. The lowest BCUT2D eigenvalue weighted by molar-refractivity contribution is -0.193. The zero-order valence-corrected chi connectivity index (χ0v) is 25.5. The summed E-state index contributed by atoms with van der Waals surface area (Å²) in [6.07, 6.45) is -10.3. The third-order valence-electron chi connectivity index (χ3n) is 6.68. The smallest absolute Gasteiger partial charge is 0.475 e. The quantitative estimate of drug-likeness (QED) is 0.266. The van der Waals surface area contributed by atoms with Gasteiger partial charge < -0.3 is 20.2 Å². The molecule has 2 aromatic heterocycles. The van der Waals surface area contributed by atoms with Gasteiger partial charge in [-0.05, 0) is 54.9 Å². The normalized spacial score (nSPS) is 17.1. The van der Waals surface area contributed by atoms with Crippen LogP contribution in [0.5, 0.6) is 0 Å². The van der Waals surface area contributed by atoms with Gasteiger partial charge in [-0.2, -0.15) is 39.5 Å². The fourth-order valence-electron chi connectivity index (χ4n) is 4.68. The number of halogens is 10. The van der Waals surface area contributed by atoms with E-state index in [9.17, 15) is 39.5 Å².